The van der Waals surface area contributed by atoms with Crippen molar-refractivity contribution in [1.82, 2.24) is 5.32 Å². The van der Waals surface area contributed by atoms with Gasteiger partial charge in [0.05, 0.1) is 17.6 Å². The van der Waals surface area contributed by atoms with Gasteiger partial charge in [0.2, 0.25) is 0 Å². The minimum absolute atomic E-state index is 0.0338. The first-order valence-electron chi connectivity index (χ1n) is 8.57. The van der Waals surface area contributed by atoms with Gasteiger partial charge in [-0.15, -0.1) is 0 Å². The van der Waals surface area contributed by atoms with Crippen LogP contribution in [-0.4, -0.2) is 19.6 Å². The molecule has 0 fully saturated rings. The molecule has 140 valence electrons. The maximum Gasteiger partial charge on any atom is 0.258 e. The van der Waals surface area contributed by atoms with Crippen LogP contribution in [0.25, 0.3) is 0 Å². The summed E-state index contributed by atoms with van der Waals surface area (Å²) in [7, 11) is 1.63. The van der Waals surface area contributed by atoms with Gasteiger partial charge in [0.15, 0.2) is 6.61 Å². The predicted molar refractivity (Wildman–Crippen MR) is 108 cm³/mol. The van der Waals surface area contributed by atoms with Crippen LogP contribution in [0.1, 0.15) is 44.9 Å². The van der Waals surface area contributed by atoms with Crippen molar-refractivity contribution in [1.29, 1.82) is 0 Å². The smallest absolute Gasteiger partial charge is 0.258 e. The van der Waals surface area contributed by atoms with Crippen molar-refractivity contribution in [2.24, 2.45) is 0 Å². The minimum Gasteiger partial charge on any atom is -0.497 e. The molecule has 0 spiro atoms. The lowest BCUT2D eigenvalue weighted by atomic mass is 9.87. The fourth-order valence-electron chi connectivity index (χ4n) is 2.49. The Morgan fingerprint density at radius 3 is 2.35 bits per heavy atom. The summed E-state index contributed by atoms with van der Waals surface area (Å²) in [5.74, 6) is 1.28. The van der Waals surface area contributed by atoms with E-state index in [0.29, 0.717) is 5.75 Å². The number of hydrogen-bond donors (Lipinski definition) is 1. The van der Waals surface area contributed by atoms with Gasteiger partial charge >= 0.3 is 0 Å². The van der Waals surface area contributed by atoms with Crippen LogP contribution >= 0.6 is 15.9 Å². The predicted octanol–water partition coefficient (Wildman–Crippen LogP) is 5.01. The van der Waals surface area contributed by atoms with E-state index in [1.54, 1.807) is 7.11 Å². The third-order valence-corrected chi connectivity index (χ3v) is 4.77. The van der Waals surface area contributed by atoms with E-state index in [1.807, 2.05) is 49.4 Å². The fourth-order valence-corrected chi connectivity index (χ4v) is 2.98. The number of carbonyl (C=O) groups excluding carboxylic acids is 1. The second-order valence-electron chi connectivity index (χ2n) is 7.25. The Balaban J connectivity index is 1.91. The van der Waals surface area contributed by atoms with Crippen LogP contribution in [0, 0.1) is 0 Å². The van der Waals surface area contributed by atoms with Gasteiger partial charge in [-0.2, -0.15) is 0 Å². The molecule has 1 atom stereocenters. The van der Waals surface area contributed by atoms with Gasteiger partial charge in [-0.05, 0) is 63.7 Å². The van der Waals surface area contributed by atoms with Gasteiger partial charge in [-0.25, -0.2) is 0 Å². The van der Waals surface area contributed by atoms with Crippen LogP contribution in [0.3, 0.4) is 0 Å². The number of carbonyl (C=O) groups is 1. The van der Waals surface area contributed by atoms with Crippen molar-refractivity contribution < 1.29 is 14.3 Å². The van der Waals surface area contributed by atoms with Crippen LogP contribution in [0.2, 0.25) is 0 Å². The van der Waals surface area contributed by atoms with Crippen LogP contribution in [0.15, 0.2) is 46.9 Å². The molecule has 0 aromatic heterocycles. The summed E-state index contributed by atoms with van der Waals surface area (Å²) in [6.45, 7) is 8.37. The molecule has 0 bridgehead atoms. The zero-order valence-corrected chi connectivity index (χ0v) is 17.5. The minimum atomic E-state index is -0.167. The first-order valence-corrected chi connectivity index (χ1v) is 9.36. The Labute approximate surface area is 164 Å². The number of ether oxygens (including phenoxy) is 2. The molecular formula is C21H26BrNO3. The lowest BCUT2D eigenvalue weighted by Crippen LogP contribution is -2.31. The van der Waals surface area contributed by atoms with E-state index < -0.39 is 0 Å². The summed E-state index contributed by atoms with van der Waals surface area (Å²) < 4.78 is 11.7. The quantitative estimate of drug-likeness (QED) is 0.715. The first-order chi connectivity index (χ1) is 12.2. The normalized spacial score (nSPS) is 12.4. The molecule has 0 saturated carbocycles. The fraction of sp³-hybridized carbons (Fsp3) is 0.381. The molecule has 5 heteroatoms. The highest BCUT2D eigenvalue weighted by Gasteiger charge is 2.16. The summed E-state index contributed by atoms with van der Waals surface area (Å²) in [4.78, 5) is 12.2. The molecular weight excluding hydrogens is 394 g/mol. The Kier molecular flexibility index (Phi) is 6.70. The topological polar surface area (TPSA) is 47.6 Å². The van der Waals surface area contributed by atoms with Gasteiger partial charge in [-0.3, -0.25) is 4.79 Å². The summed E-state index contributed by atoms with van der Waals surface area (Å²) in [6, 6.07) is 13.5. The second kappa shape index (κ2) is 8.58. The standard InChI is InChI=1S/C21H26BrNO3/c1-14(15-6-9-17(25-5)10-7-15)23-20(24)13-26-19-11-8-16(12-18(19)22)21(2,3)4/h6-12,14H,13H2,1-5H3,(H,23,24). The van der Waals surface area contributed by atoms with Crippen LogP contribution < -0.4 is 14.8 Å². The van der Waals surface area contributed by atoms with Crippen LogP contribution in [0.4, 0.5) is 0 Å². The number of amides is 1. The highest BCUT2D eigenvalue weighted by molar-refractivity contribution is 9.10. The molecule has 0 aliphatic rings. The highest BCUT2D eigenvalue weighted by Crippen LogP contribution is 2.31. The second-order valence-corrected chi connectivity index (χ2v) is 8.10. The van der Waals surface area contributed by atoms with Crippen molar-refractivity contribution in [3.8, 4) is 11.5 Å². The summed E-state index contributed by atoms with van der Waals surface area (Å²) in [5.41, 5.74) is 2.27. The summed E-state index contributed by atoms with van der Waals surface area (Å²) in [6.07, 6.45) is 0. The van der Waals surface area contributed by atoms with Gasteiger partial charge in [0, 0.05) is 0 Å². The van der Waals surface area contributed by atoms with Gasteiger partial charge in [-0.1, -0.05) is 39.0 Å². The number of hydrogen-bond acceptors (Lipinski definition) is 3. The Morgan fingerprint density at radius 2 is 1.81 bits per heavy atom. The Bertz CT molecular complexity index is 751. The van der Waals surface area contributed by atoms with Gasteiger partial charge in [0.1, 0.15) is 11.5 Å². The van der Waals surface area contributed by atoms with Crippen molar-refractivity contribution in [3.63, 3.8) is 0 Å². The molecule has 0 heterocycles. The Hall–Kier alpha value is -2.01. The molecule has 0 aliphatic heterocycles. The molecule has 1 unspecified atom stereocenters. The van der Waals surface area contributed by atoms with E-state index >= 15 is 0 Å². The maximum absolute atomic E-state index is 12.2. The lowest BCUT2D eigenvalue weighted by Gasteiger charge is -2.20. The number of methoxy groups -OCH3 is 1. The highest BCUT2D eigenvalue weighted by atomic mass is 79.9. The Morgan fingerprint density at radius 1 is 1.15 bits per heavy atom. The van der Waals surface area contributed by atoms with Gasteiger partial charge in [0.25, 0.3) is 5.91 Å². The molecule has 0 saturated heterocycles. The van der Waals surface area contributed by atoms with Crippen LogP contribution in [0.5, 0.6) is 11.5 Å². The molecule has 0 radical (unpaired) electrons. The van der Waals surface area contributed by atoms with E-state index in [1.165, 1.54) is 5.56 Å². The van der Waals surface area contributed by atoms with Crippen LogP contribution in [-0.2, 0) is 10.2 Å². The molecule has 2 aromatic rings. The van der Waals surface area contributed by atoms with Crippen molar-refractivity contribution in [3.05, 3.63) is 58.1 Å². The van der Waals surface area contributed by atoms with E-state index in [-0.39, 0.29) is 24.0 Å². The number of nitrogens with one attached hydrogen (secondary N) is 1. The molecule has 0 aliphatic carbocycles. The average Bonchev–Trinajstić information content (AvgIpc) is 2.59. The third kappa shape index (κ3) is 5.49. The molecule has 2 aromatic carbocycles. The molecule has 1 amide bonds. The molecule has 26 heavy (non-hydrogen) atoms. The third-order valence-electron chi connectivity index (χ3n) is 4.15. The molecule has 2 rings (SSSR count). The zero-order chi connectivity index (χ0) is 19.3. The van der Waals surface area contributed by atoms with E-state index in [2.05, 4.69) is 42.0 Å². The average molecular weight is 420 g/mol. The van der Waals surface area contributed by atoms with E-state index in [4.69, 9.17) is 9.47 Å². The molecule has 4 nitrogen and oxygen atoms in total. The van der Waals surface area contributed by atoms with Gasteiger partial charge < -0.3 is 14.8 Å². The maximum atomic E-state index is 12.2. The summed E-state index contributed by atoms with van der Waals surface area (Å²) in [5, 5.41) is 2.94. The first kappa shape index (κ1) is 20.3. The van der Waals surface area contributed by atoms with Crippen molar-refractivity contribution >= 4 is 21.8 Å². The van der Waals surface area contributed by atoms with E-state index in [0.717, 1.165) is 15.8 Å². The van der Waals surface area contributed by atoms with Crippen molar-refractivity contribution in [2.45, 2.75) is 39.2 Å². The van der Waals surface area contributed by atoms with Crippen molar-refractivity contribution in [2.75, 3.05) is 13.7 Å². The zero-order valence-electron chi connectivity index (χ0n) is 15.9. The number of benzene rings is 2. The van der Waals surface area contributed by atoms with E-state index in [9.17, 15) is 4.79 Å². The number of rotatable bonds is 6. The SMILES string of the molecule is COc1ccc(C(C)NC(=O)COc2ccc(C(C)(C)C)cc2Br)cc1. The summed E-state index contributed by atoms with van der Waals surface area (Å²) >= 11 is 3.52. The largest absolute Gasteiger partial charge is 0.497 e. The molecule has 1 N–H and O–H groups in total. The number of halogens is 1. The monoisotopic (exact) mass is 419 g/mol. The lowest BCUT2D eigenvalue weighted by molar-refractivity contribution is -0.123.